The van der Waals surface area contributed by atoms with Crippen molar-refractivity contribution in [2.75, 3.05) is 20.3 Å². The second kappa shape index (κ2) is 8.94. The van der Waals surface area contributed by atoms with Gasteiger partial charge in [-0.05, 0) is 50.5 Å². The molecule has 0 bridgehead atoms. The van der Waals surface area contributed by atoms with Crippen LogP contribution in [-0.2, 0) is 9.53 Å². The Morgan fingerprint density at radius 3 is 2.92 bits per heavy atom. The second-order valence-corrected chi connectivity index (χ2v) is 6.32. The number of carbonyl (C=O) groups excluding carboxylic acids is 1. The number of halogens is 1. The summed E-state index contributed by atoms with van der Waals surface area (Å²) in [5.41, 5.74) is 0.764. The van der Waals surface area contributed by atoms with Crippen LogP contribution in [0.25, 0.3) is 6.08 Å². The van der Waals surface area contributed by atoms with Crippen molar-refractivity contribution in [2.24, 2.45) is 0 Å². The van der Waals surface area contributed by atoms with Crippen molar-refractivity contribution in [2.45, 2.75) is 38.9 Å². The summed E-state index contributed by atoms with van der Waals surface area (Å²) in [6.07, 6.45) is 5.33. The lowest BCUT2D eigenvalue weighted by Gasteiger charge is -2.15. The molecule has 0 radical (unpaired) electrons. The summed E-state index contributed by atoms with van der Waals surface area (Å²) in [5, 5.41) is 3.28. The molecule has 1 aromatic carbocycles. The molecule has 1 aromatic rings. The molecule has 1 aliphatic rings. The number of rotatable bonds is 7. The minimum absolute atomic E-state index is 0.0126. The zero-order valence-electron chi connectivity index (χ0n) is 14.3. The highest BCUT2D eigenvalue weighted by Crippen LogP contribution is 2.37. The zero-order chi connectivity index (χ0) is 17.5. The highest BCUT2D eigenvalue weighted by atomic mass is 35.5. The fraction of sp³-hybridized carbons (Fsp3) is 0.500. The monoisotopic (exact) mass is 353 g/mol. The summed E-state index contributed by atoms with van der Waals surface area (Å²) in [6.45, 7) is 5.15. The Kier molecular flexibility index (Phi) is 6.94. The van der Waals surface area contributed by atoms with Crippen molar-refractivity contribution < 1.29 is 19.0 Å². The van der Waals surface area contributed by atoms with Crippen molar-refractivity contribution in [3.05, 3.63) is 28.8 Å². The lowest BCUT2D eigenvalue weighted by atomic mass is 10.1. The van der Waals surface area contributed by atoms with Crippen LogP contribution in [0.1, 0.15) is 32.3 Å². The summed E-state index contributed by atoms with van der Waals surface area (Å²) in [6, 6.07) is 3.53. The summed E-state index contributed by atoms with van der Waals surface area (Å²) in [5.74, 6) is 0.882. The first kappa shape index (κ1) is 18.6. The molecule has 1 aliphatic heterocycles. The number of carbonyl (C=O) groups is 1. The standard InChI is InChI=1S/C18H24ClNO4/c1-12(2)24-18-15(19)9-13(10-16(18)22-3)6-7-17(21)20-11-14-5-4-8-23-14/h6-7,9-10,12,14H,4-5,8,11H2,1-3H3,(H,20,21)/b7-6+/t14-/m0/s1. The average Bonchev–Trinajstić information content (AvgIpc) is 3.06. The van der Waals surface area contributed by atoms with E-state index in [2.05, 4.69) is 5.32 Å². The van der Waals surface area contributed by atoms with E-state index in [1.54, 1.807) is 25.3 Å². The van der Waals surface area contributed by atoms with E-state index < -0.39 is 0 Å². The highest BCUT2D eigenvalue weighted by molar-refractivity contribution is 6.32. The molecule has 0 spiro atoms. The van der Waals surface area contributed by atoms with E-state index >= 15 is 0 Å². The predicted octanol–water partition coefficient (Wildman–Crippen LogP) is 3.44. The first-order valence-electron chi connectivity index (χ1n) is 8.11. The molecular weight excluding hydrogens is 330 g/mol. The zero-order valence-corrected chi connectivity index (χ0v) is 15.1. The molecule has 2 rings (SSSR count). The van der Waals surface area contributed by atoms with Gasteiger partial charge >= 0.3 is 0 Å². The van der Waals surface area contributed by atoms with Gasteiger partial charge in [0.1, 0.15) is 0 Å². The van der Waals surface area contributed by atoms with E-state index in [-0.39, 0.29) is 18.1 Å². The van der Waals surface area contributed by atoms with E-state index in [1.807, 2.05) is 13.8 Å². The van der Waals surface area contributed by atoms with E-state index in [4.69, 9.17) is 25.8 Å². The summed E-state index contributed by atoms with van der Waals surface area (Å²) >= 11 is 6.26. The molecule has 1 fully saturated rings. The average molecular weight is 354 g/mol. The van der Waals surface area contributed by atoms with Crippen molar-refractivity contribution in [1.82, 2.24) is 5.32 Å². The minimum Gasteiger partial charge on any atom is -0.493 e. The maximum absolute atomic E-state index is 11.9. The Labute approximate surface area is 147 Å². The molecule has 1 atom stereocenters. The molecule has 24 heavy (non-hydrogen) atoms. The number of hydrogen-bond donors (Lipinski definition) is 1. The third kappa shape index (κ3) is 5.42. The second-order valence-electron chi connectivity index (χ2n) is 5.91. The van der Waals surface area contributed by atoms with E-state index in [1.165, 1.54) is 6.08 Å². The molecule has 132 valence electrons. The Bertz CT molecular complexity index is 595. The van der Waals surface area contributed by atoms with Crippen LogP contribution in [0.3, 0.4) is 0 Å². The quantitative estimate of drug-likeness (QED) is 0.763. The molecule has 1 N–H and O–H groups in total. The Balaban J connectivity index is 2.00. The van der Waals surface area contributed by atoms with Gasteiger partial charge < -0.3 is 19.5 Å². The first-order chi connectivity index (χ1) is 11.5. The van der Waals surface area contributed by atoms with Gasteiger partial charge in [0, 0.05) is 19.2 Å². The summed E-state index contributed by atoms with van der Waals surface area (Å²) < 4.78 is 16.5. The van der Waals surface area contributed by atoms with Crippen LogP contribution < -0.4 is 14.8 Å². The van der Waals surface area contributed by atoms with Gasteiger partial charge in [0.2, 0.25) is 5.91 Å². The maximum Gasteiger partial charge on any atom is 0.244 e. The van der Waals surface area contributed by atoms with Gasteiger partial charge in [0.15, 0.2) is 11.5 Å². The van der Waals surface area contributed by atoms with Gasteiger partial charge in [-0.2, -0.15) is 0 Å². The van der Waals surface area contributed by atoms with E-state index in [0.717, 1.165) is 25.0 Å². The van der Waals surface area contributed by atoms with Gasteiger partial charge in [0.25, 0.3) is 0 Å². The van der Waals surface area contributed by atoms with Crippen LogP contribution in [0.4, 0.5) is 0 Å². The highest BCUT2D eigenvalue weighted by Gasteiger charge is 2.15. The topological polar surface area (TPSA) is 56.8 Å². The number of nitrogens with one attached hydrogen (secondary N) is 1. The Morgan fingerprint density at radius 1 is 1.50 bits per heavy atom. The number of ether oxygens (including phenoxy) is 3. The SMILES string of the molecule is COc1cc(/C=C/C(=O)NC[C@@H]2CCCO2)cc(Cl)c1OC(C)C. The third-order valence-corrected chi connectivity index (χ3v) is 3.84. The van der Waals surface area contributed by atoms with Crippen LogP contribution in [0, 0.1) is 0 Å². The molecule has 1 saturated heterocycles. The molecule has 1 amide bonds. The maximum atomic E-state index is 11.9. The van der Waals surface area contributed by atoms with Gasteiger partial charge in [-0.3, -0.25) is 4.79 Å². The van der Waals surface area contributed by atoms with Gasteiger partial charge in [-0.1, -0.05) is 11.6 Å². The molecule has 5 nitrogen and oxygen atoms in total. The molecule has 0 aromatic heterocycles. The minimum atomic E-state index is -0.164. The molecule has 0 aliphatic carbocycles. The molecule has 1 heterocycles. The largest absolute Gasteiger partial charge is 0.493 e. The lowest BCUT2D eigenvalue weighted by molar-refractivity contribution is -0.116. The number of hydrogen-bond acceptors (Lipinski definition) is 4. The smallest absolute Gasteiger partial charge is 0.244 e. The van der Waals surface area contributed by atoms with Crippen LogP contribution in [-0.4, -0.2) is 38.4 Å². The van der Waals surface area contributed by atoms with Crippen molar-refractivity contribution in [1.29, 1.82) is 0 Å². The fourth-order valence-electron chi connectivity index (χ4n) is 2.44. The van der Waals surface area contributed by atoms with E-state index in [9.17, 15) is 4.79 Å². The van der Waals surface area contributed by atoms with Crippen LogP contribution >= 0.6 is 11.6 Å². The van der Waals surface area contributed by atoms with Crippen LogP contribution in [0.5, 0.6) is 11.5 Å². The normalized spacial score (nSPS) is 17.5. The molecule has 0 unspecified atom stereocenters. The number of methoxy groups -OCH3 is 1. The predicted molar refractivity (Wildman–Crippen MR) is 94.8 cm³/mol. The van der Waals surface area contributed by atoms with Crippen molar-refractivity contribution in [3.63, 3.8) is 0 Å². The molecule has 0 saturated carbocycles. The van der Waals surface area contributed by atoms with Crippen LogP contribution in [0.15, 0.2) is 18.2 Å². The Hall–Kier alpha value is -1.72. The number of benzene rings is 1. The first-order valence-corrected chi connectivity index (χ1v) is 8.49. The summed E-state index contributed by atoms with van der Waals surface area (Å²) in [4.78, 5) is 11.9. The van der Waals surface area contributed by atoms with Gasteiger partial charge in [0.05, 0.1) is 24.3 Å². The third-order valence-electron chi connectivity index (χ3n) is 3.56. The van der Waals surface area contributed by atoms with Crippen molar-refractivity contribution in [3.8, 4) is 11.5 Å². The van der Waals surface area contributed by atoms with Gasteiger partial charge in [-0.25, -0.2) is 0 Å². The lowest BCUT2D eigenvalue weighted by Crippen LogP contribution is -2.30. The fourth-order valence-corrected chi connectivity index (χ4v) is 2.70. The van der Waals surface area contributed by atoms with Crippen LogP contribution in [0.2, 0.25) is 5.02 Å². The van der Waals surface area contributed by atoms with Crippen molar-refractivity contribution >= 4 is 23.6 Å². The Morgan fingerprint density at radius 2 is 2.29 bits per heavy atom. The van der Waals surface area contributed by atoms with Gasteiger partial charge in [-0.15, -0.1) is 0 Å². The molecular formula is C18H24ClNO4. The molecule has 6 heteroatoms. The van der Waals surface area contributed by atoms with E-state index in [0.29, 0.717) is 23.1 Å². The summed E-state index contributed by atoms with van der Waals surface area (Å²) in [7, 11) is 1.56. The number of amides is 1.